The molecule has 0 saturated heterocycles. The van der Waals surface area contributed by atoms with Crippen LogP contribution in [-0.2, 0) is 16.0 Å². The average Bonchev–Trinajstić information content (AvgIpc) is 2.44. The molecule has 2 N–H and O–H groups in total. The summed E-state index contributed by atoms with van der Waals surface area (Å²) in [4.78, 5) is 28.1. The lowest BCUT2D eigenvalue weighted by Crippen LogP contribution is -2.47. The van der Waals surface area contributed by atoms with Crippen molar-refractivity contribution in [1.29, 1.82) is 0 Å². The molecule has 27 heavy (non-hydrogen) atoms. The van der Waals surface area contributed by atoms with Gasteiger partial charge in [-0.25, -0.2) is 19.0 Å². The monoisotopic (exact) mass is 445 g/mol. The third-order valence-electron chi connectivity index (χ3n) is 2.64. The summed E-state index contributed by atoms with van der Waals surface area (Å²) < 4.78 is 24.2. The van der Waals surface area contributed by atoms with Crippen LogP contribution < -0.4 is 10.6 Å². The van der Waals surface area contributed by atoms with E-state index >= 15 is 0 Å². The van der Waals surface area contributed by atoms with Gasteiger partial charge in [0.2, 0.25) is 5.96 Å². The molecule has 0 heterocycles. The number of guanidine groups is 1. The van der Waals surface area contributed by atoms with Gasteiger partial charge in [0.05, 0.1) is 11.0 Å². The molecule has 0 unspecified atom stereocenters. The van der Waals surface area contributed by atoms with Crippen molar-refractivity contribution in [3.63, 3.8) is 0 Å². The van der Waals surface area contributed by atoms with E-state index in [1.165, 1.54) is 6.07 Å². The van der Waals surface area contributed by atoms with Crippen molar-refractivity contribution in [2.24, 2.45) is 4.99 Å². The number of nitrogens with one attached hydrogen (secondary N) is 2. The molecule has 1 aromatic rings. The first-order chi connectivity index (χ1) is 12.2. The lowest BCUT2D eigenvalue weighted by atomic mass is 10.2. The molecule has 0 aliphatic carbocycles. The number of nitrogens with zero attached hydrogens (tertiary/aromatic N) is 1. The van der Waals surface area contributed by atoms with E-state index in [2.05, 4.69) is 31.6 Å². The van der Waals surface area contributed by atoms with E-state index in [1.807, 2.05) is 0 Å². The molecular formula is C18H25BrFN3O4. The minimum Gasteiger partial charge on any atom is -0.444 e. The van der Waals surface area contributed by atoms with Crippen LogP contribution in [0.25, 0.3) is 0 Å². The Labute approximate surface area is 166 Å². The molecular weight excluding hydrogens is 421 g/mol. The number of carbonyl (C=O) groups excluding carboxylic acids is 2. The molecule has 1 rings (SSSR count). The van der Waals surface area contributed by atoms with Gasteiger partial charge < -0.3 is 9.47 Å². The predicted octanol–water partition coefficient (Wildman–Crippen LogP) is 4.49. The number of halogens is 2. The van der Waals surface area contributed by atoms with Crippen molar-refractivity contribution in [3.8, 4) is 0 Å². The number of alkyl carbamates (subject to hydrolysis) is 2. The Morgan fingerprint density at radius 1 is 1.04 bits per heavy atom. The number of carbonyl (C=O) groups is 2. The van der Waals surface area contributed by atoms with Crippen LogP contribution in [0.2, 0.25) is 0 Å². The van der Waals surface area contributed by atoms with Gasteiger partial charge in [-0.3, -0.25) is 10.6 Å². The summed E-state index contributed by atoms with van der Waals surface area (Å²) in [5.41, 5.74) is -0.906. The highest BCUT2D eigenvalue weighted by molar-refractivity contribution is 9.10. The summed E-state index contributed by atoms with van der Waals surface area (Å²) >= 11 is 3.07. The fourth-order valence-corrected chi connectivity index (χ4v) is 1.97. The van der Waals surface area contributed by atoms with Crippen molar-refractivity contribution in [2.45, 2.75) is 59.3 Å². The van der Waals surface area contributed by atoms with Gasteiger partial charge in [0, 0.05) is 0 Å². The summed E-state index contributed by atoms with van der Waals surface area (Å²) in [6.45, 7) is 10.2. The number of amides is 2. The van der Waals surface area contributed by atoms with E-state index < -0.39 is 29.2 Å². The summed E-state index contributed by atoms with van der Waals surface area (Å²) in [5.74, 6) is -0.605. The first-order valence-corrected chi connectivity index (χ1v) is 9.03. The van der Waals surface area contributed by atoms with Gasteiger partial charge in [-0.15, -0.1) is 0 Å². The molecule has 0 aliphatic rings. The third-order valence-corrected chi connectivity index (χ3v) is 3.29. The molecule has 1 aromatic carbocycles. The van der Waals surface area contributed by atoms with Crippen LogP contribution in [0.1, 0.15) is 47.1 Å². The average molecular weight is 446 g/mol. The normalized spacial score (nSPS) is 11.4. The Bertz CT molecular complexity index is 692. The SMILES string of the molecule is CC(C)(C)OC(=O)NC(=NCc1ccc(Br)c(F)c1)NC(=O)OC(C)(C)C. The highest BCUT2D eigenvalue weighted by Gasteiger charge is 2.21. The Kier molecular flexibility index (Phi) is 7.77. The van der Waals surface area contributed by atoms with Crippen LogP contribution in [0.4, 0.5) is 14.0 Å². The van der Waals surface area contributed by atoms with Gasteiger partial charge in [-0.05, 0) is 75.2 Å². The molecule has 0 saturated carbocycles. The zero-order valence-electron chi connectivity index (χ0n) is 16.3. The van der Waals surface area contributed by atoms with Gasteiger partial charge in [0.25, 0.3) is 0 Å². The Hall–Kier alpha value is -2.16. The molecule has 150 valence electrons. The number of rotatable bonds is 2. The van der Waals surface area contributed by atoms with Gasteiger partial charge in [-0.1, -0.05) is 6.07 Å². The van der Waals surface area contributed by atoms with Crippen LogP contribution in [0.15, 0.2) is 27.7 Å². The zero-order chi connectivity index (χ0) is 20.8. The van der Waals surface area contributed by atoms with Crippen LogP contribution in [0.5, 0.6) is 0 Å². The maximum Gasteiger partial charge on any atom is 0.414 e. The van der Waals surface area contributed by atoms with E-state index in [0.29, 0.717) is 10.0 Å². The molecule has 0 atom stereocenters. The molecule has 0 fully saturated rings. The van der Waals surface area contributed by atoms with Crippen molar-refractivity contribution in [1.82, 2.24) is 10.6 Å². The highest BCUT2D eigenvalue weighted by Crippen LogP contribution is 2.17. The summed E-state index contributed by atoms with van der Waals surface area (Å²) in [5, 5.41) is 4.72. The minimum atomic E-state index is -0.792. The lowest BCUT2D eigenvalue weighted by Gasteiger charge is -2.22. The van der Waals surface area contributed by atoms with Gasteiger partial charge in [-0.2, -0.15) is 0 Å². The fraction of sp³-hybridized carbons (Fsp3) is 0.500. The van der Waals surface area contributed by atoms with E-state index in [-0.39, 0.29) is 12.5 Å². The predicted molar refractivity (Wildman–Crippen MR) is 104 cm³/mol. The number of hydrogen-bond donors (Lipinski definition) is 2. The van der Waals surface area contributed by atoms with Crippen molar-refractivity contribution < 1.29 is 23.5 Å². The van der Waals surface area contributed by atoms with E-state index in [0.717, 1.165) is 0 Å². The second-order valence-electron chi connectivity index (χ2n) is 7.67. The topological polar surface area (TPSA) is 89.0 Å². The number of benzene rings is 1. The Morgan fingerprint density at radius 3 is 1.93 bits per heavy atom. The van der Waals surface area contributed by atoms with Gasteiger partial charge in [0.15, 0.2) is 0 Å². The van der Waals surface area contributed by atoms with Gasteiger partial charge in [0.1, 0.15) is 17.0 Å². The maximum absolute atomic E-state index is 13.6. The van der Waals surface area contributed by atoms with Crippen LogP contribution in [-0.4, -0.2) is 29.3 Å². The largest absolute Gasteiger partial charge is 0.444 e. The Morgan fingerprint density at radius 2 is 1.52 bits per heavy atom. The second-order valence-corrected chi connectivity index (χ2v) is 8.52. The highest BCUT2D eigenvalue weighted by atomic mass is 79.9. The molecule has 0 spiro atoms. The quantitative estimate of drug-likeness (QED) is 0.518. The summed E-state index contributed by atoms with van der Waals surface area (Å²) in [6, 6.07) is 4.50. The number of aliphatic imine (C=N–C) groups is 1. The van der Waals surface area contributed by atoms with Gasteiger partial charge >= 0.3 is 12.2 Å². The van der Waals surface area contributed by atoms with Crippen LogP contribution >= 0.6 is 15.9 Å². The summed E-state index contributed by atoms with van der Waals surface area (Å²) in [6.07, 6.45) is -1.58. The first-order valence-electron chi connectivity index (χ1n) is 8.23. The maximum atomic E-state index is 13.6. The van der Waals surface area contributed by atoms with E-state index in [4.69, 9.17) is 9.47 Å². The number of hydrogen-bond acceptors (Lipinski definition) is 5. The first kappa shape index (κ1) is 22.9. The van der Waals surface area contributed by atoms with Crippen LogP contribution in [0, 0.1) is 5.82 Å². The second kappa shape index (κ2) is 9.16. The van der Waals surface area contributed by atoms with Crippen LogP contribution in [0.3, 0.4) is 0 Å². The summed E-state index contributed by atoms with van der Waals surface area (Å²) in [7, 11) is 0. The number of ether oxygens (including phenoxy) is 2. The van der Waals surface area contributed by atoms with Crippen molar-refractivity contribution in [2.75, 3.05) is 0 Å². The molecule has 7 nitrogen and oxygen atoms in total. The molecule has 0 aromatic heterocycles. The fourth-order valence-electron chi connectivity index (χ4n) is 1.72. The molecule has 0 radical (unpaired) electrons. The third kappa shape index (κ3) is 9.93. The lowest BCUT2D eigenvalue weighted by molar-refractivity contribution is 0.0545. The Balaban J connectivity index is 2.92. The van der Waals surface area contributed by atoms with Crippen molar-refractivity contribution in [3.05, 3.63) is 34.1 Å². The van der Waals surface area contributed by atoms with Crippen molar-refractivity contribution >= 4 is 34.1 Å². The van der Waals surface area contributed by atoms with E-state index in [1.54, 1.807) is 53.7 Å². The molecule has 2 amide bonds. The minimum absolute atomic E-state index is 0.0190. The molecule has 9 heteroatoms. The molecule has 0 aliphatic heterocycles. The smallest absolute Gasteiger partial charge is 0.414 e. The van der Waals surface area contributed by atoms with E-state index in [9.17, 15) is 14.0 Å². The standard InChI is InChI=1S/C18H25BrFN3O4/c1-17(2,3)26-15(24)22-14(23-16(25)27-18(4,5)6)21-10-11-7-8-12(19)13(20)9-11/h7-9H,10H2,1-6H3,(H2,21,22,23,24,25). The zero-order valence-corrected chi connectivity index (χ0v) is 17.9. The molecule has 0 bridgehead atoms.